The molecule has 0 spiro atoms. The summed E-state index contributed by atoms with van der Waals surface area (Å²) in [7, 11) is 0. The van der Waals surface area contributed by atoms with Crippen molar-refractivity contribution in [3.63, 3.8) is 0 Å². The Morgan fingerprint density at radius 1 is 1.30 bits per heavy atom. The maximum Gasteiger partial charge on any atom is 0.245 e. The summed E-state index contributed by atoms with van der Waals surface area (Å²) in [5, 5.41) is 3.10. The zero-order valence-electron chi connectivity index (χ0n) is 14.0. The molecule has 0 radical (unpaired) electrons. The first-order chi connectivity index (χ1) is 11.0. The van der Waals surface area contributed by atoms with Gasteiger partial charge in [-0.25, -0.2) is 0 Å². The van der Waals surface area contributed by atoms with Crippen molar-refractivity contribution in [1.82, 2.24) is 10.2 Å². The average molecular weight is 314 g/mol. The molecular formula is C19H26N2O2. The number of carbonyl (C=O) groups excluding carboxylic acids is 2. The van der Waals surface area contributed by atoms with Gasteiger partial charge in [-0.2, -0.15) is 0 Å². The van der Waals surface area contributed by atoms with E-state index >= 15 is 0 Å². The monoisotopic (exact) mass is 314 g/mol. The third-order valence-electron chi connectivity index (χ3n) is 4.60. The maximum absolute atomic E-state index is 12.4. The Balaban J connectivity index is 1.86. The topological polar surface area (TPSA) is 49.4 Å². The summed E-state index contributed by atoms with van der Waals surface area (Å²) >= 11 is 0. The number of nitrogens with zero attached hydrogens (tertiary/aromatic N) is 1. The zero-order valence-corrected chi connectivity index (χ0v) is 14.0. The molecular weight excluding hydrogens is 288 g/mol. The van der Waals surface area contributed by atoms with Gasteiger partial charge in [-0.15, -0.1) is 0 Å². The van der Waals surface area contributed by atoms with E-state index in [0.717, 1.165) is 12.0 Å². The van der Waals surface area contributed by atoms with Crippen molar-refractivity contribution in [2.24, 2.45) is 5.92 Å². The van der Waals surface area contributed by atoms with Crippen molar-refractivity contribution in [3.05, 3.63) is 48.0 Å². The summed E-state index contributed by atoms with van der Waals surface area (Å²) in [5.41, 5.74) is 2.42. The summed E-state index contributed by atoms with van der Waals surface area (Å²) in [4.78, 5) is 25.7. The molecule has 1 aromatic rings. The third-order valence-corrected chi connectivity index (χ3v) is 4.60. The Morgan fingerprint density at radius 2 is 1.91 bits per heavy atom. The predicted octanol–water partition coefficient (Wildman–Crippen LogP) is 2.85. The highest BCUT2D eigenvalue weighted by Crippen LogP contribution is 2.20. The zero-order chi connectivity index (χ0) is 16.8. The largest absolute Gasteiger partial charge is 0.349 e. The molecule has 1 heterocycles. The van der Waals surface area contributed by atoms with Gasteiger partial charge < -0.3 is 10.2 Å². The molecule has 1 N–H and O–H groups in total. The van der Waals surface area contributed by atoms with E-state index in [1.807, 2.05) is 6.92 Å². The van der Waals surface area contributed by atoms with Crippen molar-refractivity contribution < 1.29 is 9.59 Å². The summed E-state index contributed by atoms with van der Waals surface area (Å²) in [6, 6.07) is 8.38. The van der Waals surface area contributed by atoms with E-state index in [4.69, 9.17) is 0 Å². The number of hydrogen-bond donors (Lipinski definition) is 1. The van der Waals surface area contributed by atoms with Crippen LogP contribution in [0.2, 0.25) is 0 Å². The molecule has 1 aliphatic heterocycles. The van der Waals surface area contributed by atoms with E-state index in [9.17, 15) is 9.59 Å². The molecule has 0 saturated carbocycles. The SMILES string of the molecule is C=CC(=O)N1CCC(C(=O)N[C@@H](C)c2ccc(CC)cc2)CC1. The number of hydrogen-bond acceptors (Lipinski definition) is 2. The Kier molecular flexibility index (Phi) is 5.97. The molecule has 4 heteroatoms. The fourth-order valence-corrected chi connectivity index (χ4v) is 2.95. The molecule has 0 aliphatic carbocycles. The Hall–Kier alpha value is -2.10. The van der Waals surface area contributed by atoms with Crippen LogP contribution in [0.1, 0.15) is 43.9 Å². The fraction of sp³-hybridized carbons (Fsp3) is 0.474. The number of aryl methyl sites for hydroxylation is 1. The lowest BCUT2D eigenvalue weighted by atomic mass is 9.95. The minimum atomic E-state index is -0.0479. The fourth-order valence-electron chi connectivity index (χ4n) is 2.95. The number of benzene rings is 1. The van der Waals surface area contributed by atoms with Gasteiger partial charge in [0, 0.05) is 19.0 Å². The van der Waals surface area contributed by atoms with Crippen LogP contribution in [-0.4, -0.2) is 29.8 Å². The highest BCUT2D eigenvalue weighted by Gasteiger charge is 2.27. The van der Waals surface area contributed by atoms with Crippen molar-refractivity contribution in [2.45, 2.75) is 39.2 Å². The minimum Gasteiger partial charge on any atom is -0.349 e. The molecule has 1 atom stereocenters. The molecule has 0 unspecified atom stereocenters. The number of carbonyl (C=O) groups is 2. The van der Waals surface area contributed by atoms with Crippen molar-refractivity contribution in [1.29, 1.82) is 0 Å². The molecule has 0 bridgehead atoms. The van der Waals surface area contributed by atoms with Crippen LogP contribution in [0.3, 0.4) is 0 Å². The lowest BCUT2D eigenvalue weighted by molar-refractivity contribution is -0.132. The molecule has 0 aromatic heterocycles. The van der Waals surface area contributed by atoms with E-state index < -0.39 is 0 Å². The van der Waals surface area contributed by atoms with Crippen LogP contribution in [-0.2, 0) is 16.0 Å². The van der Waals surface area contributed by atoms with Gasteiger partial charge in [0.05, 0.1) is 6.04 Å². The summed E-state index contributed by atoms with van der Waals surface area (Å²) < 4.78 is 0. The number of nitrogens with one attached hydrogen (secondary N) is 1. The second-order valence-electron chi connectivity index (χ2n) is 6.13. The molecule has 23 heavy (non-hydrogen) atoms. The van der Waals surface area contributed by atoms with Crippen LogP contribution in [0.5, 0.6) is 0 Å². The van der Waals surface area contributed by atoms with Crippen molar-refractivity contribution >= 4 is 11.8 Å². The van der Waals surface area contributed by atoms with Gasteiger partial charge in [-0.1, -0.05) is 37.8 Å². The first-order valence-corrected chi connectivity index (χ1v) is 8.35. The second kappa shape index (κ2) is 7.95. The summed E-state index contributed by atoms with van der Waals surface area (Å²) in [6.45, 7) is 8.90. The first kappa shape index (κ1) is 17.3. The van der Waals surface area contributed by atoms with Gasteiger partial charge in [0.15, 0.2) is 0 Å². The van der Waals surface area contributed by atoms with Crippen LogP contribution in [0.15, 0.2) is 36.9 Å². The van der Waals surface area contributed by atoms with Gasteiger partial charge in [-0.3, -0.25) is 9.59 Å². The lowest BCUT2D eigenvalue weighted by Gasteiger charge is -2.31. The molecule has 1 fully saturated rings. The molecule has 124 valence electrons. The smallest absolute Gasteiger partial charge is 0.245 e. The van der Waals surface area contributed by atoms with Gasteiger partial charge in [0.2, 0.25) is 11.8 Å². The lowest BCUT2D eigenvalue weighted by Crippen LogP contribution is -2.42. The molecule has 2 amide bonds. The van der Waals surface area contributed by atoms with Crippen LogP contribution < -0.4 is 5.32 Å². The third kappa shape index (κ3) is 4.44. The summed E-state index contributed by atoms with van der Waals surface area (Å²) in [5.74, 6) is 0.0252. The highest BCUT2D eigenvalue weighted by molar-refractivity contribution is 5.87. The molecule has 4 nitrogen and oxygen atoms in total. The number of likely N-dealkylation sites (tertiary alicyclic amines) is 1. The Bertz CT molecular complexity index is 557. The second-order valence-corrected chi connectivity index (χ2v) is 6.13. The quantitative estimate of drug-likeness (QED) is 0.850. The normalized spacial score (nSPS) is 16.7. The first-order valence-electron chi connectivity index (χ1n) is 8.35. The molecule has 1 aliphatic rings. The summed E-state index contributed by atoms with van der Waals surface area (Å²) in [6.07, 6.45) is 3.78. The van der Waals surface area contributed by atoms with Gasteiger partial charge in [0.1, 0.15) is 0 Å². The van der Waals surface area contributed by atoms with E-state index in [0.29, 0.717) is 25.9 Å². The van der Waals surface area contributed by atoms with Crippen molar-refractivity contribution in [2.75, 3.05) is 13.1 Å². The van der Waals surface area contributed by atoms with E-state index in [1.165, 1.54) is 11.6 Å². The Labute approximate surface area is 138 Å². The highest BCUT2D eigenvalue weighted by atomic mass is 16.2. The van der Waals surface area contributed by atoms with Crippen LogP contribution in [0.25, 0.3) is 0 Å². The number of rotatable bonds is 5. The van der Waals surface area contributed by atoms with Gasteiger partial charge in [-0.05, 0) is 43.4 Å². The van der Waals surface area contributed by atoms with E-state index in [2.05, 4.69) is 43.1 Å². The predicted molar refractivity (Wildman–Crippen MR) is 91.9 cm³/mol. The van der Waals surface area contributed by atoms with Gasteiger partial charge >= 0.3 is 0 Å². The maximum atomic E-state index is 12.4. The number of piperidine rings is 1. The average Bonchev–Trinajstić information content (AvgIpc) is 2.61. The standard InChI is InChI=1S/C19H26N2O2/c1-4-15-6-8-16(9-7-15)14(3)20-19(23)17-10-12-21(13-11-17)18(22)5-2/h5-9,14,17H,2,4,10-13H2,1,3H3,(H,20,23)/t14-/m0/s1. The van der Waals surface area contributed by atoms with Crippen LogP contribution in [0, 0.1) is 5.92 Å². The minimum absolute atomic E-state index is 0.00115. The van der Waals surface area contributed by atoms with Crippen molar-refractivity contribution in [3.8, 4) is 0 Å². The molecule has 1 aromatic carbocycles. The van der Waals surface area contributed by atoms with Gasteiger partial charge in [0.25, 0.3) is 0 Å². The van der Waals surface area contributed by atoms with E-state index in [1.54, 1.807) is 4.90 Å². The molecule has 1 saturated heterocycles. The number of amides is 2. The Morgan fingerprint density at radius 3 is 2.43 bits per heavy atom. The molecule has 2 rings (SSSR count). The van der Waals surface area contributed by atoms with E-state index in [-0.39, 0.29) is 23.8 Å². The van der Waals surface area contributed by atoms with Crippen LogP contribution in [0.4, 0.5) is 0 Å². The van der Waals surface area contributed by atoms with Crippen LogP contribution >= 0.6 is 0 Å².